The lowest BCUT2D eigenvalue weighted by Crippen LogP contribution is -2.44. The van der Waals surface area contributed by atoms with Gasteiger partial charge in [0.25, 0.3) is 0 Å². The number of amides is 2. The van der Waals surface area contributed by atoms with Crippen LogP contribution in [0, 0.1) is 0 Å². The Morgan fingerprint density at radius 1 is 1.50 bits per heavy atom. The van der Waals surface area contributed by atoms with E-state index in [1.165, 1.54) is 4.90 Å². The minimum Gasteiger partial charge on any atom is -0.368 e. The molecule has 1 heterocycles. The van der Waals surface area contributed by atoms with Crippen molar-refractivity contribution in [3.8, 4) is 0 Å². The number of hydrogen-bond acceptors (Lipinski definition) is 4. The van der Waals surface area contributed by atoms with Gasteiger partial charge < -0.3 is 10.6 Å². The van der Waals surface area contributed by atoms with Gasteiger partial charge >= 0.3 is 0 Å². The van der Waals surface area contributed by atoms with Crippen LogP contribution in [0.25, 0.3) is 0 Å². The highest BCUT2D eigenvalue weighted by atomic mass is 32.2. The van der Waals surface area contributed by atoms with Gasteiger partial charge in [-0.05, 0) is 12.8 Å². The summed E-state index contributed by atoms with van der Waals surface area (Å²) in [7, 11) is -3.52. The number of nitrogens with zero attached hydrogens (tertiary/aromatic N) is 1. The molecule has 1 fully saturated rings. The monoisotopic (exact) mass is 275 g/mol. The summed E-state index contributed by atoms with van der Waals surface area (Å²) in [6, 6.07) is -0.562. The fourth-order valence-electron chi connectivity index (χ4n) is 1.86. The summed E-state index contributed by atoms with van der Waals surface area (Å²) in [5, 5.41) is 0.777. The molecule has 0 aromatic carbocycles. The average Bonchev–Trinajstić information content (AvgIpc) is 2.77. The zero-order valence-corrected chi connectivity index (χ0v) is 10.8. The van der Waals surface area contributed by atoms with E-state index in [9.17, 15) is 18.0 Å². The second-order valence-corrected chi connectivity index (χ2v) is 5.72. The van der Waals surface area contributed by atoms with Crippen LogP contribution in [0.5, 0.6) is 0 Å². The predicted octanol–water partition coefficient (Wildman–Crippen LogP) is -1.08. The highest BCUT2D eigenvalue weighted by Crippen LogP contribution is 2.17. The number of nitrogens with two attached hydrogens (primary N) is 1. The number of sulfonamides is 1. The van der Waals surface area contributed by atoms with Gasteiger partial charge in [-0.2, -0.15) is 0 Å². The molecule has 1 saturated heterocycles. The van der Waals surface area contributed by atoms with E-state index in [0.717, 1.165) is 11.8 Å². The second-order valence-electron chi connectivity index (χ2n) is 4.00. The summed E-state index contributed by atoms with van der Waals surface area (Å²) in [6.45, 7) is 3.60. The molecule has 102 valence electrons. The van der Waals surface area contributed by atoms with E-state index < -0.39 is 22.0 Å². The summed E-state index contributed by atoms with van der Waals surface area (Å²) in [6.07, 6.45) is 1.30. The highest BCUT2D eigenvalue weighted by Gasteiger charge is 2.32. The minimum atomic E-state index is -3.52. The molecule has 18 heavy (non-hydrogen) atoms. The predicted molar refractivity (Wildman–Crippen MR) is 65.7 cm³/mol. The maximum atomic E-state index is 11.8. The molecule has 7 nitrogen and oxygen atoms in total. The van der Waals surface area contributed by atoms with Crippen molar-refractivity contribution in [2.75, 3.05) is 13.1 Å². The Kier molecular flexibility index (Phi) is 4.85. The van der Waals surface area contributed by atoms with Gasteiger partial charge in [0.1, 0.15) is 6.04 Å². The molecule has 0 spiro atoms. The highest BCUT2D eigenvalue weighted by molar-refractivity contribution is 7.92. The van der Waals surface area contributed by atoms with Crippen LogP contribution < -0.4 is 10.5 Å². The Balaban J connectivity index is 2.46. The van der Waals surface area contributed by atoms with Crippen molar-refractivity contribution in [3.63, 3.8) is 0 Å². The van der Waals surface area contributed by atoms with Gasteiger partial charge in [0.2, 0.25) is 21.8 Å². The Morgan fingerprint density at radius 2 is 2.17 bits per heavy atom. The Labute approximate surface area is 106 Å². The molecule has 2 amide bonds. The Morgan fingerprint density at radius 3 is 2.72 bits per heavy atom. The topological polar surface area (TPSA) is 110 Å². The summed E-state index contributed by atoms with van der Waals surface area (Å²) in [5.41, 5.74) is 5.19. The van der Waals surface area contributed by atoms with Crippen molar-refractivity contribution in [2.45, 2.75) is 25.3 Å². The lowest BCUT2D eigenvalue weighted by atomic mass is 10.2. The molecule has 0 radical (unpaired) electrons. The van der Waals surface area contributed by atoms with E-state index >= 15 is 0 Å². The lowest BCUT2D eigenvalue weighted by molar-refractivity contribution is -0.137. The summed E-state index contributed by atoms with van der Waals surface area (Å²) in [4.78, 5) is 24.3. The van der Waals surface area contributed by atoms with Gasteiger partial charge in [-0.1, -0.05) is 6.58 Å². The Hall–Kier alpha value is -1.41. The van der Waals surface area contributed by atoms with Crippen LogP contribution in [-0.4, -0.2) is 44.3 Å². The fraction of sp³-hybridized carbons (Fsp3) is 0.600. The van der Waals surface area contributed by atoms with E-state index in [0.29, 0.717) is 13.0 Å². The molecule has 1 aliphatic rings. The fourth-order valence-corrected chi connectivity index (χ4v) is 2.37. The molecule has 0 aromatic heterocycles. The van der Waals surface area contributed by atoms with Gasteiger partial charge in [0, 0.05) is 24.9 Å². The third kappa shape index (κ3) is 3.81. The average molecular weight is 275 g/mol. The van der Waals surface area contributed by atoms with Crippen LogP contribution >= 0.6 is 0 Å². The lowest BCUT2D eigenvalue weighted by Gasteiger charge is -2.22. The molecule has 0 bridgehead atoms. The third-order valence-electron chi connectivity index (χ3n) is 2.76. The molecule has 1 atom stereocenters. The summed E-state index contributed by atoms with van der Waals surface area (Å²) >= 11 is 0. The zero-order chi connectivity index (χ0) is 13.8. The first-order valence-corrected chi connectivity index (χ1v) is 7.13. The van der Waals surface area contributed by atoms with Gasteiger partial charge in [-0.15, -0.1) is 0 Å². The van der Waals surface area contributed by atoms with Gasteiger partial charge in [-0.25, -0.2) is 13.1 Å². The number of likely N-dealkylation sites (tertiary alicyclic amines) is 1. The number of rotatable bonds is 6. The van der Waals surface area contributed by atoms with E-state index in [1.807, 2.05) is 0 Å². The minimum absolute atomic E-state index is 0.00312. The van der Waals surface area contributed by atoms with Crippen LogP contribution in [0.3, 0.4) is 0 Å². The zero-order valence-electron chi connectivity index (χ0n) is 9.96. The largest absolute Gasteiger partial charge is 0.368 e. The van der Waals surface area contributed by atoms with Crippen LogP contribution in [0.2, 0.25) is 0 Å². The summed E-state index contributed by atoms with van der Waals surface area (Å²) in [5.74, 6) is -0.796. The molecule has 0 unspecified atom stereocenters. The van der Waals surface area contributed by atoms with Crippen LogP contribution in [0.15, 0.2) is 12.0 Å². The van der Waals surface area contributed by atoms with Crippen molar-refractivity contribution >= 4 is 21.8 Å². The molecule has 1 aliphatic heterocycles. The first-order chi connectivity index (χ1) is 8.37. The van der Waals surface area contributed by atoms with E-state index in [1.54, 1.807) is 0 Å². The normalized spacial score (nSPS) is 19.8. The number of primary amides is 1. The van der Waals surface area contributed by atoms with Crippen molar-refractivity contribution in [1.29, 1.82) is 0 Å². The van der Waals surface area contributed by atoms with E-state index in [2.05, 4.69) is 11.3 Å². The molecule has 8 heteroatoms. The molecule has 0 saturated carbocycles. The number of hydrogen-bond donors (Lipinski definition) is 2. The van der Waals surface area contributed by atoms with Crippen LogP contribution in [0.1, 0.15) is 19.3 Å². The first-order valence-electron chi connectivity index (χ1n) is 5.58. The van der Waals surface area contributed by atoms with Crippen LogP contribution in [-0.2, 0) is 19.6 Å². The molecule has 0 aromatic rings. The van der Waals surface area contributed by atoms with Gasteiger partial charge in [-0.3, -0.25) is 9.59 Å². The number of nitrogens with one attached hydrogen (secondary N) is 1. The molecule has 3 N–H and O–H groups in total. The molecule has 1 rings (SSSR count). The SMILES string of the molecule is C=CS(=O)(=O)NCCC(=O)N1CCC[C@H]1C(N)=O. The van der Waals surface area contributed by atoms with Crippen molar-refractivity contribution in [1.82, 2.24) is 9.62 Å². The first kappa shape index (κ1) is 14.7. The van der Waals surface area contributed by atoms with Crippen molar-refractivity contribution in [3.05, 3.63) is 12.0 Å². The maximum absolute atomic E-state index is 11.8. The van der Waals surface area contributed by atoms with Crippen molar-refractivity contribution in [2.24, 2.45) is 5.73 Å². The van der Waals surface area contributed by atoms with E-state index in [-0.39, 0.29) is 18.9 Å². The second kappa shape index (κ2) is 5.96. The molecular weight excluding hydrogens is 258 g/mol. The smallest absolute Gasteiger partial charge is 0.240 e. The number of carbonyl (C=O) groups is 2. The Bertz CT molecular complexity index is 446. The molecular formula is C10H17N3O4S. The standard InChI is InChI=1S/C10H17N3O4S/c1-2-18(16,17)12-6-5-9(14)13-7-3-4-8(13)10(11)15/h2,8,12H,1,3-7H2,(H2,11,15)/t8-/m0/s1. The van der Waals surface area contributed by atoms with Crippen molar-refractivity contribution < 1.29 is 18.0 Å². The van der Waals surface area contributed by atoms with Gasteiger partial charge in [0.05, 0.1) is 0 Å². The van der Waals surface area contributed by atoms with E-state index in [4.69, 9.17) is 5.73 Å². The third-order valence-corrected chi connectivity index (χ3v) is 3.81. The van der Waals surface area contributed by atoms with Crippen LogP contribution in [0.4, 0.5) is 0 Å². The summed E-state index contributed by atoms with van der Waals surface area (Å²) < 4.78 is 24.3. The quantitative estimate of drug-likeness (QED) is 0.642. The molecule has 0 aliphatic carbocycles. The van der Waals surface area contributed by atoms with Gasteiger partial charge in [0.15, 0.2) is 0 Å². The maximum Gasteiger partial charge on any atom is 0.240 e. The number of carbonyl (C=O) groups excluding carboxylic acids is 2.